The van der Waals surface area contributed by atoms with Crippen molar-refractivity contribution in [3.05, 3.63) is 0 Å². The lowest BCUT2D eigenvalue weighted by Crippen LogP contribution is -2.55. The fourth-order valence-corrected chi connectivity index (χ4v) is 1.44. The zero-order valence-electron chi connectivity index (χ0n) is 6.97. The molecule has 0 N–H and O–H groups in total. The van der Waals surface area contributed by atoms with E-state index in [1.807, 2.05) is 13.8 Å². The van der Waals surface area contributed by atoms with E-state index in [9.17, 15) is 4.79 Å². The van der Waals surface area contributed by atoms with Crippen molar-refractivity contribution in [3.8, 4) is 0 Å². The van der Waals surface area contributed by atoms with E-state index in [0.29, 0.717) is 5.92 Å². The first-order valence-electron chi connectivity index (χ1n) is 3.67. The van der Waals surface area contributed by atoms with Crippen LogP contribution in [0.1, 0.15) is 27.7 Å². The Bertz CT molecular complexity index is 159. The van der Waals surface area contributed by atoms with Crippen molar-refractivity contribution in [2.75, 3.05) is 0 Å². The minimum absolute atomic E-state index is 0.0637. The monoisotopic (exact) mass is 142 g/mol. The average Bonchev–Trinajstić information content (AvgIpc) is 1.82. The molecule has 10 heavy (non-hydrogen) atoms. The summed E-state index contributed by atoms with van der Waals surface area (Å²) in [5.74, 6) is 0.374. The Labute approximate surface area is 61.6 Å². The van der Waals surface area contributed by atoms with Crippen LogP contribution >= 0.6 is 0 Å². The first kappa shape index (κ1) is 7.58. The molecule has 0 aromatic heterocycles. The maximum Gasteiger partial charge on any atom is 0.315 e. The second-order valence-corrected chi connectivity index (χ2v) is 3.79. The predicted octanol–water partition coefficient (Wildman–Crippen LogP) is 1.59. The fraction of sp³-hybridized carbons (Fsp3) is 0.875. The van der Waals surface area contributed by atoms with Crippen LogP contribution < -0.4 is 0 Å². The van der Waals surface area contributed by atoms with Crippen molar-refractivity contribution in [1.29, 1.82) is 0 Å². The molecule has 1 aliphatic rings. The second kappa shape index (κ2) is 1.97. The molecule has 1 aliphatic heterocycles. The summed E-state index contributed by atoms with van der Waals surface area (Å²) in [7, 11) is 0. The van der Waals surface area contributed by atoms with Gasteiger partial charge in [0, 0.05) is 0 Å². The Kier molecular flexibility index (Phi) is 1.50. The molecular weight excluding hydrogens is 128 g/mol. The minimum Gasteiger partial charge on any atom is -0.460 e. The van der Waals surface area contributed by atoms with Gasteiger partial charge in [-0.2, -0.15) is 0 Å². The van der Waals surface area contributed by atoms with E-state index < -0.39 is 0 Å². The number of esters is 1. The third-order valence-corrected chi connectivity index (χ3v) is 2.08. The standard InChI is InChI=1S/C8H14O2/c1-5(2)6-8(3,4)7(9)10-6/h5-6H,1-4H3. The molecule has 0 amide bonds. The summed E-state index contributed by atoms with van der Waals surface area (Å²) in [6.07, 6.45) is 0.125. The van der Waals surface area contributed by atoms with Gasteiger partial charge < -0.3 is 4.74 Å². The highest BCUT2D eigenvalue weighted by molar-refractivity contribution is 5.82. The molecule has 2 heteroatoms. The minimum atomic E-state index is -0.242. The Morgan fingerprint density at radius 1 is 1.50 bits per heavy atom. The summed E-state index contributed by atoms with van der Waals surface area (Å²) in [4.78, 5) is 10.8. The fourth-order valence-electron chi connectivity index (χ4n) is 1.44. The maximum atomic E-state index is 10.8. The van der Waals surface area contributed by atoms with Crippen LogP contribution in [0.4, 0.5) is 0 Å². The molecule has 1 fully saturated rings. The largest absolute Gasteiger partial charge is 0.460 e. The van der Waals surface area contributed by atoms with Gasteiger partial charge in [-0.05, 0) is 19.8 Å². The number of cyclic esters (lactones) is 1. The molecular formula is C8H14O2. The molecule has 0 spiro atoms. The van der Waals surface area contributed by atoms with E-state index in [1.54, 1.807) is 0 Å². The third kappa shape index (κ3) is 0.825. The number of carbonyl (C=O) groups excluding carboxylic acids is 1. The quantitative estimate of drug-likeness (QED) is 0.520. The second-order valence-electron chi connectivity index (χ2n) is 3.79. The van der Waals surface area contributed by atoms with E-state index in [1.165, 1.54) is 0 Å². The van der Waals surface area contributed by atoms with Gasteiger partial charge in [0.25, 0.3) is 0 Å². The highest BCUT2D eigenvalue weighted by atomic mass is 16.6. The first-order chi connectivity index (χ1) is 4.46. The van der Waals surface area contributed by atoms with Crippen molar-refractivity contribution >= 4 is 5.97 Å². The Hall–Kier alpha value is -0.530. The molecule has 0 aromatic carbocycles. The molecule has 0 saturated carbocycles. The van der Waals surface area contributed by atoms with Crippen molar-refractivity contribution in [1.82, 2.24) is 0 Å². The molecule has 2 nitrogen and oxygen atoms in total. The zero-order valence-corrected chi connectivity index (χ0v) is 6.97. The van der Waals surface area contributed by atoms with Crippen LogP contribution in [-0.2, 0) is 9.53 Å². The van der Waals surface area contributed by atoms with Crippen LogP contribution in [0.3, 0.4) is 0 Å². The number of ether oxygens (including phenoxy) is 1. The number of rotatable bonds is 1. The molecule has 0 bridgehead atoms. The van der Waals surface area contributed by atoms with Crippen LogP contribution in [0.2, 0.25) is 0 Å². The van der Waals surface area contributed by atoms with Gasteiger partial charge in [-0.15, -0.1) is 0 Å². The van der Waals surface area contributed by atoms with Gasteiger partial charge >= 0.3 is 5.97 Å². The topological polar surface area (TPSA) is 26.3 Å². The Morgan fingerprint density at radius 2 is 2.00 bits per heavy atom. The molecule has 1 unspecified atom stereocenters. The van der Waals surface area contributed by atoms with Crippen LogP contribution in [0.25, 0.3) is 0 Å². The molecule has 1 atom stereocenters. The van der Waals surface area contributed by atoms with Crippen LogP contribution in [0.5, 0.6) is 0 Å². The Morgan fingerprint density at radius 3 is 2.10 bits per heavy atom. The normalized spacial score (nSPS) is 29.7. The van der Waals surface area contributed by atoms with Gasteiger partial charge in [0.1, 0.15) is 6.10 Å². The molecule has 0 aromatic rings. The van der Waals surface area contributed by atoms with Gasteiger partial charge in [-0.25, -0.2) is 0 Å². The van der Waals surface area contributed by atoms with Crippen molar-refractivity contribution < 1.29 is 9.53 Å². The highest BCUT2D eigenvalue weighted by Gasteiger charge is 2.51. The molecule has 1 rings (SSSR count). The van der Waals surface area contributed by atoms with Gasteiger partial charge in [-0.1, -0.05) is 13.8 Å². The molecule has 1 heterocycles. The average molecular weight is 142 g/mol. The lowest BCUT2D eigenvalue weighted by atomic mass is 9.76. The highest BCUT2D eigenvalue weighted by Crippen LogP contribution is 2.39. The summed E-state index contributed by atoms with van der Waals surface area (Å²) in [5.41, 5.74) is -0.242. The van der Waals surface area contributed by atoms with E-state index in [-0.39, 0.29) is 17.5 Å². The summed E-state index contributed by atoms with van der Waals surface area (Å²) in [5, 5.41) is 0. The van der Waals surface area contributed by atoms with Gasteiger partial charge in [0.2, 0.25) is 0 Å². The van der Waals surface area contributed by atoms with Gasteiger partial charge in [0.15, 0.2) is 0 Å². The lowest BCUT2D eigenvalue weighted by molar-refractivity contribution is -0.207. The summed E-state index contributed by atoms with van der Waals surface area (Å²) < 4.78 is 4.98. The zero-order chi connectivity index (χ0) is 7.94. The van der Waals surface area contributed by atoms with E-state index in [2.05, 4.69) is 13.8 Å². The number of hydrogen-bond acceptors (Lipinski definition) is 2. The van der Waals surface area contributed by atoms with Crippen LogP contribution in [0, 0.1) is 11.3 Å². The molecule has 58 valence electrons. The summed E-state index contributed by atoms with van der Waals surface area (Å²) >= 11 is 0. The van der Waals surface area contributed by atoms with Crippen molar-refractivity contribution in [2.45, 2.75) is 33.8 Å². The first-order valence-corrected chi connectivity index (χ1v) is 3.67. The number of carbonyl (C=O) groups is 1. The van der Waals surface area contributed by atoms with Crippen LogP contribution in [-0.4, -0.2) is 12.1 Å². The smallest absolute Gasteiger partial charge is 0.315 e. The SMILES string of the molecule is CC(C)C1OC(=O)C1(C)C. The molecule has 0 aliphatic carbocycles. The summed E-state index contributed by atoms with van der Waals surface area (Å²) in [6, 6.07) is 0. The number of hydrogen-bond donors (Lipinski definition) is 0. The third-order valence-electron chi connectivity index (χ3n) is 2.08. The van der Waals surface area contributed by atoms with Crippen molar-refractivity contribution in [2.24, 2.45) is 11.3 Å². The van der Waals surface area contributed by atoms with Crippen molar-refractivity contribution in [3.63, 3.8) is 0 Å². The van der Waals surface area contributed by atoms with Gasteiger partial charge in [0.05, 0.1) is 5.41 Å². The van der Waals surface area contributed by atoms with Gasteiger partial charge in [-0.3, -0.25) is 4.79 Å². The van der Waals surface area contributed by atoms with Crippen LogP contribution in [0.15, 0.2) is 0 Å². The lowest BCUT2D eigenvalue weighted by Gasteiger charge is -2.44. The van der Waals surface area contributed by atoms with E-state index in [4.69, 9.17) is 4.74 Å². The predicted molar refractivity (Wildman–Crippen MR) is 38.5 cm³/mol. The molecule has 1 saturated heterocycles. The summed E-state index contributed by atoms with van der Waals surface area (Å²) in [6.45, 7) is 8.00. The molecule has 0 radical (unpaired) electrons. The van der Waals surface area contributed by atoms with E-state index in [0.717, 1.165) is 0 Å². The van der Waals surface area contributed by atoms with E-state index >= 15 is 0 Å². The maximum absolute atomic E-state index is 10.8. The Balaban J connectivity index is 2.63.